The summed E-state index contributed by atoms with van der Waals surface area (Å²) in [5, 5.41) is 2.64. The van der Waals surface area contributed by atoms with E-state index in [1.807, 2.05) is 0 Å². The third-order valence-electron chi connectivity index (χ3n) is 2.42. The summed E-state index contributed by atoms with van der Waals surface area (Å²) in [5.74, 6) is 0.367. The van der Waals surface area contributed by atoms with E-state index in [1.54, 1.807) is 62.0 Å². The second kappa shape index (κ2) is 5.78. The van der Waals surface area contributed by atoms with Crippen LogP contribution >= 0.6 is 0 Å². The topological polar surface area (TPSA) is 72.3 Å². The summed E-state index contributed by atoms with van der Waals surface area (Å²) in [6, 6.07) is 9.75. The van der Waals surface area contributed by atoms with Gasteiger partial charge < -0.3 is 9.47 Å². The van der Waals surface area contributed by atoms with Crippen LogP contribution in [0.1, 0.15) is 20.8 Å². The molecule has 0 bridgehead atoms. The number of hydrogen-bond acceptors (Lipinski definition) is 4. The number of hydrogen-bond donors (Lipinski definition) is 1. The monoisotopic (exact) mass is 289 g/mol. The zero-order chi connectivity index (χ0) is 15.5. The highest BCUT2D eigenvalue weighted by Crippen LogP contribution is 2.15. The highest BCUT2D eigenvalue weighted by molar-refractivity contribution is 5.64. The van der Waals surface area contributed by atoms with Gasteiger partial charge in [0, 0.05) is 24.3 Å². The first-order valence-corrected chi connectivity index (χ1v) is 6.46. The van der Waals surface area contributed by atoms with E-state index in [4.69, 9.17) is 9.47 Å². The van der Waals surface area contributed by atoms with E-state index in [-0.39, 0.29) is 5.56 Å². The van der Waals surface area contributed by atoms with E-state index in [9.17, 15) is 9.59 Å². The molecule has 0 aliphatic rings. The lowest BCUT2D eigenvalue weighted by Crippen LogP contribution is -2.39. The summed E-state index contributed by atoms with van der Waals surface area (Å²) in [5.41, 5.74) is -0.0630. The van der Waals surface area contributed by atoms with Gasteiger partial charge in [-0.2, -0.15) is 0 Å². The van der Waals surface area contributed by atoms with Crippen molar-refractivity contribution in [2.45, 2.75) is 26.4 Å². The van der Waals surface area contributed by atoms with E-state index in [1.165, 1.54) is 6.07 Å². The van der Waals surface area contributed by atoms with Crippen LogP contribution in [0.15, 0.2) is 47.4 Å². The van der Waals surface area contributed by atoms with Crippen molar-refractivity contribution in [3.05, 3.63) is 52.9 Å². The van der Waals surface area contributed by atoms with Gasteiger partial charge in [-0.1, -0.05) is 4.68 Å². The fourth-order valence-corrected chi connectivity index (χ4v) is 1.60. The minimum absolute atomic E-state index is 0.202. The van der Waals surface area contributed by atoms with Crippen molar-refractivity contribution in [1.82, 2.24) is 5.10 Å². The average Bonchev–Trinajstić information content (AvgIpc) is 2.37. The number of nitrogens with zero attached hydrogens (tertiary/aromatic N) is 1. The van der Waals surface area contributed by atoms with Crippen LogP contribution in [0.3, 0.4) is 0 Å². The molecule has 0 radical (unpaired) electrons. The summed E-state index contributed by atoms with van der Waals surface area (Å²) >= 11 is 0. The molecule has 110 valence electrons. The molecule has 0 spiro atoms. The fourth-order valence-electron chi connectivity index (χ4n) is 1.60. The van der Waals surface area contributed by atoms with Crippen LogP contribution < -0.4 is 15.0 Å². The second-order valence-corrected chi connectivity index (χ2v) is 5.41. The molecule has 2 aromatic rings. The maximum absolute atomic E-state index is 11.5. The lowest BCUT2D eigenvalue weighted by molar-refractivity contribution is -0.661. The molecule has 6 heteroatoms. The lowest BCUT2D eigenvalue weighted by atomic mass is 10.2. The molecule has 0 fully saturated rings. The number of rotatable bonds is 2. The van der Waals surface area contributed by atoms with Gasteiger partial charge in [0.15, 0.2) is 0 Å². The number of aromatic nitrogens is 2. The molecular formula is C15H17N2O4+. The smallest absolute Gasteiger partial charge is 0.428 e. The number of carbonyl (C=O) groups is 1. The van der Waals surface area contributed by atoms with Crippen LogP contribution in [0.25, 0.3) is 5.69 Å². The number of benzene rings is 1. The summed E-state index contributed by atoms with van der Waals surface area (Å²) in [7, 11) is 0. The molecule has 1 heterocycles. The molecule has 1 aromatic carbocycles. The highest BCUT2D eigenvalue weighted by atomic mass is 16.7. The Bertz CT molecular complexity index is 684. The van der Waals surface area contributed by atoms with Gasteiger partial charge in [-0.25, -0.2) is 4.79 Å². The third-order valence-corrected chi connectivity index (χ3v) is 2.42. The zero-order valence-electron chi connectivity index (χ0n) is 12.1. The van der Waals surface area contributed by atoms with E-state index >= 15 is 0 Å². The van der Waals surface area contributed by atoms with Gasteiger partial charge in [-0.05, 0) is 32.9 Å². The van der Waals surface area contributed by atoms with Crippen LogP contribution in [0.5, 0.6) is 5.75 Å². The Morgan fingerprint density at radius 2 is 1.81 bits per heavy atom. The number of H-pyrrole nitrogens is 1. The van der Waals surface area contributed by atoms with Crippen molar-refractivity contribution in [2.75, 3.05) is 0 Å². The number of aromatic amines is 1. The van der Waals surface area contributed by atoms with E-state index < -0.39 is 11.8 Å². The Labute approximate surface area is 121 Å². The van der Waals surface area contributed by atoms with Crippen LogP contribution in [-0.2, 0) is 4.74 Å². The van der Waals surface area contributed by atoms with Crippen molar-refractivity contribution in [3.8, 4) is 11.4 Å². The second-order valence-electron chi connectivity index (χ2n) is 5.41. The van der Waals surface area contributed by atoms with Crippen LogP contribution in [-0.4, -0.2) is 16.9 Å². The van der Waals surface area contributed by atoms with Gasteiger partial charge in [0.2, 0.25) is 11.9 Å². The van der Waals surface area contributed by atoms with E-state index in [0.717, 1.165) is 5.69 Å². The Balaban J connectivity index is 2.09. The highest BCUT2D eigenvalue weighted by Gasteiger charge is 2.18. The van der Waals surface area contributed by atoms with Crippen LogP contribution in [0.2, 0.25) is 0 Å². The van der Waals surface area contributed by atoms with Gasteiger partial charge in [0.1, 0.15) is 11.4 Å². The van der Waals surface area contributed by atoms with Crippen molar-refractivity contribution in [1.29, 1.82) is 0 Å². The first kappa shape index (κ1) is 14.8. The predicted molar refractivity (Wildman–Crippen MR) is 75.5 cm³/mol. The molecule has 0 unspecified atom stereocenters. The average molecular weight is 289 g/mol. The molecule has 0 saturated heterocycles. The molecule has 0 amide bonds. The first-order chi connectivity index (χ1) is 9.83. The first-order valence-electron chi connectivity index (χ1n) is 6.46. The van der Waals surface area contributed by atoms with Gasteiger partial charge in [0.25, 0.3) is 5.56 Å². The standard InChI is InChI=1S/C15H16N2O4/c1-15(2,3)21-14(19)20-12-8-6-11(7-9-12)17-10-4-5-13(18)16-17/h4-10H,1-3H3/p+1. The normalized spacial score (nSPS) is 11.0. The molecule has 0 atom stereocenters. The SMILES string of the molecule is CC(C)(C)OC(=O)Oc1ccc(-[n+]2cccc(=O)[nH]2)cc1. The molecule has 1 aromatic heterocycles. The van der Waals surface area contributed by atoms with Gasteiger partial charge in [-0.3, -0.25) is 4.79 Å². The molecule has 0 saturated carbocycles. The van der Waals surface area contributed by atoms with Crippen molar-refractivity contribution < 1.29 is 19.0 Å². The molecule has 6 nitrogen and oxygen atoms in total. The predicted octanol–water partition coefficient (Wildman–Crippen LogP) is 1.97. The Morgan fingerprint density at radius 1 is 1.14 bits per heavy atom. The van der Waals surface area contributed by atoms with Gasteiger partial charge in [-0.15, -0.1) is 5.10 Å². The summed E-state index contributed by atoms with van der Waals surface area (Å²) in [6.45, 7) is 5.29. The largest absolute Gasteiger partial charge is 0.514 e. The molecule has 21 heavy (non-hydrogen) atoms. The molecule has 0 aliphatic carbocycles. The Kier molecular flexibility index (Phi) is 4.07. The number of nitrogens with one attached hydrogen (secondary N) is 1. The van der Waals surface area contributed by atoms with E-state index in [2.05, 4.69) is 5.10 Å². The summed E-state index contributed by atoms with van der Waals surface area (Å²) < 4.78 is 11.7. The molecule has 0 aliphatic heterocycles. The zero-order valence-corrected chi connectivity index (χ0v) is 12.1. The quantitative estimate of drug-likeness (QED) is 0.521. The van der Waals surface area contributed by atoms with Gasteiger partial charge in [0.05, 0.1) is 0 Å². The maximum Gasteiger partial charge on any atom is 0.514 e. The van der Waals surface area contributed by atoms with Crippen molar-refractivity contribution in [3.63, 3.8) is 0 Å². The Morgan fingerprint density at radius 3 is 2.38 bits per heavy atom. The molecule has 2 rings (SSSR count). The minimum atomic E-state index is -0.754. The summed E-state index contributed by atoms with van der Waals surface area (Å²) in [6.07, 6.45) is 0.960. The molecular weight excluding hydrogens is 272 g/mol. The summed E-state index contributed by atoms with van der Waals surface area (Å²) in [4.78, 5) is 22.8. The Hall–Kier alpha value is -2.63. The number of ether oxygens (including phenoxy) is 2. The molecule has 1 N–H and O–H groups in total. The third kappa shape index (κ3) is 4.45. The van der Waals surface area contributed by atoms with Crippen molar-refractivity contribution in [2.24, 2.45) is 0 Å². The van der Waals surface area contributed by atoms with Crippen LogP contribution in [0, 0.1) is 0 Å². The van der Waals surface area contributed by atoms with Crippen LogP contribution in [0.4, 0.5) is 4.79 Å². The van der Waals surface area contributed by atoms with Crippen molar-refractivity contribution >= 4 is 6.16 Å². The lowest BCUT2D eigenvalue weighted by Gasteiger charge is -2.18. The fraction of sp³-hybridized carbons (Fsp3) is 0.267. The van der Waals surface area contributed by atoms with Gasteiger partial charge >= 0.3 is 6.16 Å². The van der Waals surface area contributed by atoms with E-state index in [0.29, 0.717) is 5.75 Å². The number of carbonyl (C=O) groups excluding carboxylic acids is 1. The maximum atomic E-state index is 11.5. The minimum Gasteiger partial charge on any atom is -0.428 e.